The summed E-state index contributed by atoms with van der Waals surface area (Å²) >= 11 is 5.80. The van der Waals surface area contributed by atoms with Gasteiger partial charge in [0, 0.05) is 22.6 Å². The number of nitrogens with one attached hydrogen (secondary N) is 2. The normalized spacial score (nSPS) is 11.1. The van der Waals surface area contributed by atoms with Crippen LogP contribution in [0.3, 0.4) is 0 Å². The van der Waals surface area contributed by atoms with E-state index in [1.807, 2.05) is 0 Å². The predicted octanol–water partition coefficient (Wildman–Crippen LogP) is 5.75. The van der Waals surface area contributed by atoms with Crippen molar-refractivity contribution < 1.29 is 18.0 Å². The van der Waals surface area contributed by atoms with E-state index in [-0.39, 0.29) is 11.3 Å². The van der Waals surface area contributed by atoms with Crippen molar-refractivity contribution in [2.45, 2.75) is 6.18 Å². The average molecular weight is 392 g/mol. The summed E-state index contributed by atoms with van der Waals surface area (Å²) in [6.45, 7) is 0. The lowest BCUT2D eigenvalue weighted by atomic mass is 10.2. The van der Waals surface area contributed by atoms with E-state index >= 15 is 0 Å². The fraction of sp³-hybridized carbons (Fsp3) is 0.0526. The van der Waals surface area contributed by atoms with E-state index in [1.165, 1.54) is 30.6 Å². The molecular formula is C19H13ClF3N3O. The SMILES string of the molecule is O=C(Nc1ccc(Cl)cc1)c1cncc(Nc2cccc(C(F)(F)F)c2)c1. The van der Waals surface area contributed by atoms with Crippen molar-refractivity contribution in [1.29, 1.82) is 0 Å². The predicted molar refractivity (Wildman–Crippen MR) is 98.4 cm³/mol. The summed E-state index contributed by atoms with van der Waals surface area (Å²) in [5.74, 6) is -0.405. The van der Waals surface area contributed by atoms with Crippen LogP contribution in [0.15, 0.2) is 67.0 Å². The number of alkyl halides is 3. The van der Waals surface area contributed by atoms with Gasteiger partial charge in [-0.25, -0.2) is 0 Å². The van der Waals surface area contributed by atoms with Gasteiger partial charge in [0.1, 0.15) is 0 Å². The Morgan fingerprint density at radius 1 is 0.926 bits per heavy atom. The van der Waals surface area contributed by atoms with E-state index < -0.39 is 17.6 Å². The minimum Gasteiger partial charge on any atom is -0.354 e. The molecule has 8 heteroatoms. The van der Waals surface area contributed by atoms with Gasteiger partial charge in [-0.2, -0.15) is 13.2 Å². The van der Waals surface area contributed by atoms with Crippen LogP contribution in [0.2, 0.25) is 5.02 Å². The first-order valence-corrected chi connectivity index (χ1v) is 8.15. The standard InChI is InChI=1S/C19H13ClF3N3O/c20-14-4-6-15(7-5-14)26-18(27)12-8-17(11-24-10-12)25-16-3-1-2-13(9-16)19(21,22)23/h1-11,25H,(H,26,27). The monoisotopic (exact) mass is 391 g/mol. The van der Waals surface area contributed by atoms with Gasteiger partial charge in [0.05, 0.1) is 23.0 Å². The van der Waals surface area contributed by atoms with Gasteiger partial charge < -0.3 is 10.6 Å². The zero-order valence-corrected chi connectivity index (χ0v) is 14.5. The van der Waals surface area contributed by atoms with Crippen LogP contribution in [0.4, 0.5) is 30.2 Å². The Balaban J connectivity index is 1.75. The van der Waals surface area contributed by atoms with Crippen molar-refractivity contribution in [2.24, 2.45) is 0 Å². The van der Waals surface area contributed by atoms with Crippen molar-refractivity contribution in [1.82, 2.24) is 4.98 Å². The summed E-state index contributed by atoms with van der Waals surface area (Å²) in [6.07, 6.45) is -1.65. The van der Waals surface area contributed by atoms with Crippen molar-refractivity contribution in [3.05, 3.63) is 83.1 Å². The lowest BCUT2D eigenvalue weighted by Crippen LogP contribution is -2.12. The summed E-state index contributed by atoms with van der Waals surface area (Å²) in [5.41, 5.74) is 0.666. The molecule has 27 heavy (non-hydrogen) atoms. The molecule has 0 atom stereocenters. The number of hydrogen-bond donors (Lipinski definition) is 2. The van der Waals surface area contributed by atoms with Crippen LogP contribution < -0.4 is 10.6 Å². The molecule has 2 aromatic carbocycles. The molecule has 1 heterocycles. The molecule has 0 bridgehead atoms. The summed E-state index contributed by atoms with van der Waals surface area (Å²) in [7, 11) is 0. The van der Waals surface area contributed by atoms with Crippen LogP contribution in [0, 0.1) is 0 Å². The van der Waals surface area contributed by atoms with Crippen LogP contribution in [0.1, 0.15) is 15.9 Å². The molecule has 0 aliphatic rings. The Bertz CT molecular complexity index is 959. The molecule has 0 aliphatic carbocycles. The summed E-state index contributed by atoms with van der Waals surface area (Å²) < 4.78 is 38.4. The van der Waals surface area contributed by atoms with E-state index in [2.05, 4.69) is 15.6 Å². The molecule has 2 N–H and O–H groups in total. The second kappa shape index (κ2) is 7.67. The fourth-order valence-electron chi connectivity index (χ4n) is 2.31. The van der Waals surface area contributed by atoms with Crippen molar-refractivity contribution in [3.63, 3.8) is 0 Å². The Hall–Kier alpha value is -3.06. The molecule has 138 valence electrons. The minimum atomic E-state index is -4.43. The number of anilines is 3. The number of carbonyl (C=O) groups is 1. The van der Waals surface area contributed by atoms with Gasteiger partial charge in [0.15, 0.2) is 0 Å². The van der Waals surface area contributed by atoms with Crippen LogP contribution in [-0.2, 0) is 6.18 Å². The van der Waals surface area contributed by atoms with Gasteiger partial charge in [-0.1, -0.05) is 17.7 Å². The maximum Gasteiger partial charge on any atom is 0.416 e. The number of halogens is 4. The molecule has 1 aromatic heterocycles. The molecule has 1 amide bonds. The van der Waals surface area contributed by atoms with Gasteiger partial charge >= 0.3 is 6.18 Å². The number of rotatable bonds is 4. The zero-order chi connectivity index (χ0) is 19.4. The lowest BCUT2D eigenvalue weighted by Gasteiger charge is -2.11. The molecule has 0 saturated heterocycles. The fourth-order valence-corrected chi connectivity index (χ4v) is 2.43. The van der Waals surface area contributed by atoms with Crippen LogP contribution >= 0.6 is 11.6 Å². The van der Waals surface area contributed by atoms with Crippen LogP contribution in [0.5, 0.6) is 0 Å². The molecule has 4 nitrogen and oxygen atoms in total. The molecule has 0 saturated carbocycles. The summed E-state index contributed by atoms with van der Waals surface area (Å²) in [6, 6.07) is 12.8. The van der Waals surface area contributed by atoms with Crippen molar-refractivity contribution in [3.8, 4) is 0 Å². The van der Waals surface area contributed by atoms with E-state index in [0.717, 1.165) is 12.1 Å². The smallest absolute Gasteiger partial charge is 0.354 e. The molecule has 3 aromatic rings. The Morgan fingerprint density at radius 3 is 2.37 bits per heavy atom. The number of amides is 1. The molecule has 3 rings (SSSR count). The summed E-state index contributed by atoms with van der Waals surface area (Å²) in [5, 5.41) is 6.06. The van der Waals surface area contributed by atoms with E-state index in [4.69, 9.17) is 11.6 Å². The van der Waals surface area contributed by atoms with Crippen LogP contribution in [-0.4, -0.2) is 10.9 Å². The number of carbonyl (C=O) groups excluding carboxylic acids is 1. The van der Waals surface area contributed by atoms with Gasteiger partial charge in [-0.3, -0.25) is 9.78 Å². The Labute approximate surface area is 158 Å². The van der Waals surface area contributed by atoms with Crippen molar-refractivity contribution in [2.75, 3.05) is 10.6 Å². The topological polar surface area (TPSA) is 54.0 Å². The first-order valence-electron chi connectivity index (χ1n) is 7.77. The Kier molecular flexibility index (Phi) is 5.32. The van der Waals surface area contributed by atoms with Gasteiger partial charge in [-0.05, 0) is 48.5 Å². The lowest BCUT2D eigenvalue weighted by molar-refractivity contribution is -0.137. The van der Waals surface area contributed by atoms with Crippen molar-refractivity contribution >= 4 is 34.6 Å². The number of hydrogen-bond acceptors (Lipinski definition) is 3. The third-order valence-corrected chi connectivity index (χ3v) is 3.83. The number of pyridine rings is 1. The van der Waals surface area contributed by atoms with E-state index in [0.29, 0.717) is 16.4 Å². The van der Waals surface area contributed by atoms with Gasteiger partial charge in [0.2, 0.25) is 0 Å². The first-order chi connectivity index (χ1) is 12.8. The second-order valence-electron chi connectivity index (χ2n) is 5.63. The maximum absolute atomic E-state index is 12.8. The highest BCUT2D eigenvalue weighted by Crippen LogP contribution is 2.31. The highest BCUT2D eigenvalue weighted by molar-refractivity contribution is 6.30. The third-order valence-electron chi connectivity index (χ3n) is 3.58. The molecular weight excluding hydrogens is 379 g/mol. The second-order valence-corrected chi connectivity index (χ2v) is 6.06. The van der Waals surface area contributed by atoms with E-state index in [1.54, 1.807) is 24.3 Å². The summed E-state index contributed by atoms with van der Waals surface area (Å²) in [4.78, 5) is 16.3. The highest BCUT2D eigenvalue weighted by Gasteiger charge is 2.30. The molecule has 0 radical (unpaired) electrons. The van der Waals surface area contributed by atoms with E-state index in [9.17, 15) is 18.0 Å². The van der Waals surface area contributed by atoms with Gasteiger partial charge in [-0.15, -0.1) is 0 Å². The average Bonchev–Trinajstić information content (AvgIpc) is 2.63. The number of aromatic nitrogens is 1. The first kappa shape index (κ1) is 18.7. The minimum absolute atomic E-state index is 0.238. The Morgan fingerprint density at radius 2 is 1.67 bits per heavy atom. The van der Waals surface area contributed by atoms with Gasteiger partial charge in [0.25, 0.3) is 5.91 Å². The number of benzene rings is 2. The largest absolute Gasteiger partial charge is 0.416 e. The maximum atomic E-state index is 12.8. The molecule has 0 unspecified atom stereocenters. The zero-order valence-electron chi connectivity index (χ0n) is 13.7. The molecule has 0 fully saturated rings. The number of nitrogens with zero attached hydrogens (tertiary/aromatic N) is 1. The molecule has 0 spiro atoms. The quantitative estimate of drug-likeness (QED) is 0.595. The third kappa shape index (κ3) is 4.98. The molecule has 0 aliphatic heterocycles. The van der Waals surface area contributed by atoms with Crippen LogP contribution in [0.25, 0.3) is 0 Å². The highest BCUT2D eigenvalue weighted by atomic mass is 35.5.